The maximum atomic E-state index is 13.9. The number of fused-ring (bicyclic) bond motifs is 1. The summed E-state index contributed by atoms with van der Waals surface area (Å²) in [6.45, 7) is 2.55. The number of hydrogen-bond donors (Lipinski definition) is 0. The number of amides is 1. The summed E-state index contributed by atoms with van der Waals surface area (Å²) in [6.07, 6.45) is 0.438. The standard InChI is InChI=1S/C21H23FN2O3S/c1-15-6-8-17(9-7-15)24-20-14-28(26,27)13-19(20)23(12-21(24)25)11-10-16-4-2-3-5-18(16)22/h2-9,19-20H,10-14H2,1H3/t19-,20+/m0/s1. The van der Waals surface area contributed by atoms with Crippen molar-refractivity contribution in [3.05, 3.63) is 65.5 Å². The number of hydrogen-bond acceptors (Lipinski definition) is 4. The molecule has 0 radical (unpaired) electrons. The average molecular weight is 402 g/mol. The maximum Gasteiger partial charge on any atom is 0.241 e. The molecule has 2 heterocycles. The molecule has 7 heteroatoms. The smallest absolute Gasteiger partial charge is 0.241 e. The van der Waals surface area contributed by atoms with E-state index in [0.29, 0.717) is 18.5 Å². The molecule has 2 aromatic carbocycles. The Hall–Kier alpha value is -2.25. The first-order valence-electron chi connectivity index (χ1n) is 9.41. The van der Waals surface area contributed by atoms with Crippen molar-refractivity contribution in [2.24, 2.45) is 0 Å². The second kappa shape index (κ2) is 7.29. The number of nitrogens with zero attached hydrogens (tertiary/aromatic N) is 2. The van der Waals surface area contributed by atoms with E-state index in [1.165, 1.54) is 6.07 Å². The Bertz CT molecular complexity index is 991. The monoisotopic (exact) mass is 402 g/mol. The Labute approximate surface area is 164 Å². The van der Waals surface area contributed by atoms with Gasteiger partial charge in [0.1, 0.15) is 5.82 Å². The van der Waals surface area contributed by atoms with Gasteiger partial charge in [-0.1, -0.05) is 35.9 Å². The quantitative estimate of drug-likeness (QED) is 0.787. The molecule has 2 fully saturated rings. The molecule has 0 bridgehead atoms. The number of rotatable bonds is 4. The first kappa shape index (κ1) is 19.1. The fraction of sp³-hybridized carbons (Fsp3) is 0.381. The lowest BCUT2D eigenvalue weighted by atomic mass is 10.0. The van der Waals surface area contributed by atoms with Gasteiger partial charge in [0.15, 0.2) is 9.84 Å². The summed E-state index contributed by atoms with van der Waals surface area (Å²) in [5.41, 5.74) is 2.39. The highest BCUT2D eigenvalue weighted by molar-refractivity contribution is 7.91. The van der Waals surface area contributed by atoms with Crippen molar-refractivity contribution in [1.29, 1.82) is 0 Å². The van der Waals surface area contributed by atoms with E-state index in [9.17, 15) is 17.6 Å². The lowest BCUT2D eigenvalue weighted by Crippen LogP contribution is -2.62. The minimum Gasteiger partial charge on any atom is -0.306 e. The summed E-state index contributed by atoms with van der Waals surface area (Å²) < 4.78 is 38.7. The fourth-order valence-electron chi connectivity index (χ4n) is 4.21. The molecule has 0 spiro atoms. The van der Waals surface area contributed by atoms with Gasteiger partial charge in [-0.15, -0.1) is 0 Å². The highest BCUT2D eigenvalue weighted by Gasteiger charge is 2.49. The van der Waals surface area contributed by atoms with Crippen molar-refractivity contribution < 1.29 is 17.6 Å². The molecule has 4 rings (SSSR count). The molecular weight excluding hydrogens is 379 g/mol. The Morgan fingerprint density at radius 3 is 2.43 bits per heavy atom. The van der Waals surface area contributed by atoms with Crippen molar-refractivity contribution in [2.75, 3.05) is 29.5 Å². The van der Waals surface area contributed by atoms with Crippen molar-refractivity contribution in [1.82, 2.24) is 4.90 Å². The molecule has 0 aliphatic carbocycles. The van der Waals surface area contributed by atoms with Crippen LogP contribution >= 0.6 is 0 Å². The number of sulfone groups is 1. The lowest BCUT2D eigenvalue weighted by Gasteiger charge is -2.43. The first-order valence-corrected chi connectivity index (χ1v) is 11.2. The molecule has 2 aliphatic heterocycles. The Morgan fingerprint density at radius 1 is 1.04 bits per heavy atom. The van der Waals surface area contributed by atoms with Gasteiger partial charge < -0.3 is 4.90 Å². The maximum absolute atomic E-state index is 13.9. The van der Waals surface area contributed by atoms with Crippen molar-refractivity contribution in [3.63, 3.8) is 0 Å². The number of halogens is 1. The number of anilines is 1. The minimum absolute atomic E-state index is 0.0323. The van der Waals surface area contributed by atoms with Gasteiger partial charge in [-0.25, -0.2) is 12.8 Å². The van der Waals surface area contributed by atoms with Gasteiger partial charge in [-0.2, -0.15) is 0 Å². The van der Waals surface area contributed by atoms with Gasteiger partial charge >= 0.3 is 0 Å². The summed E-state index contributed by atoms with van der Waals surface area (Å²) in [5, 5.41) is 0. The van der Waals surface area contributed by atoms with E-state index >= 15 is 0 Å². The molecule has 5 nitrogen and oxygen atoms in total. The molecule has 148 valence electrons. The van der Waals surface area contributed by atoms with Crippen LogP contribution in [0.3, 0.4) is 0 Å². The minimum atomic E-state index is -3.24. The molecule has 2 saturated heterocycles. The number of aryl methyl sites for hydroxylation is 1. The fourth-order valence-corrected chi connectivity index (χ4v) is 6.19. The molecule has 2 aliphatic rings. The lowest BCUT2D eigenvalue weighted by molar-refractivity contribution is -0.123. The molecule has 1 amide bonds. The van der Waals surface area contributed by atoms with Crippen LogP contribution in [0.4, 0.5) is 10.1 Å². The molecule has 0 aromatic heterocycles. The Balaban J connectivity index is 1.59. The van der Waals surface area contributed by atoms with Gasteiger partial charge in [0.2, 0.25) is 5.91 Å². The van der Waals surface area contributed by atoms with Crippen LogP contribution in [0.15, 0.2) is 48.5 Å². The van der Waals surface area contributed by atoms with Crippen LogP contribution in [-0.2, 0) is 21.1 Å². The second-order valence-corrected chi connectivity index (χ2v) is 9.78. The zero-order chi connectivity index (χ0) is 19.9. The summed E-state index contributed by atoms with van der Waals surface area (Å²) in [5.74, 6) is -0.392. The largest absolute Gasteiger partial charge is 0.306 e. The molecule has 2 aromatic rings. The highest BCUT2D eigenvalue weighted by Crippen LogP contribution is 2.32. The van der Waals surface area contributed by atoms with Crippen LogP contribution < -0.4 is 4.90 Å². The summed E-state index contributed by atoms with van der Waals surface area (Å²) in [7, 11) is -3.24. The van der Waals surface area contributed by atoms with Gasteiger partial charge in [-0.3, -0.25) is 9.69 Å². The van der Waals surface area contributed by atoms with Crippen LogP contribution in [0.5, 0.6) is 0 Å². The van der Waals surface area contributed by atoms with E-state index in [4.69, 9.17) is 0 Å². The van der Waals surface area contributed by atoms with Crippen molar-refractivity contribution in [3.8, 4) is 0 Å². The van der Waals surface area contributed by atoms with E-state index in [1.807, 2.05) is 36.1 Å². The predicted octanol–water partition coefficient (Wildman–Crippen LogP) is 2.19. The first-order chi connectivity index (χ1) is 13.3. The van der Waals surface area contributed by atoms with Gasteiger partial charge in [-0.05, 0) is 37.1 Å². The molecule has 0 saturated carbocycles. The summed E-state index contributed by atoms with van der Waals surface area (Å²) >= 11 is 0. The van der Waals surface area contributed by atoms with E-state index < -0.39 is 15.9 Å². The van der Waals surface area contributed by atoms with Crippen molar-refractivity contribution >= 4 is 21.4 Å². The number of carbonyl (C=O) groups is 1. The third-order valence-electron chi connectivity index (χ3n) is 5.64. The molecule has 0 N–H and O–H groups in total. The van der Waals surface area contributed by atoms with Gasteiger partial charge in [0, 0.05) is 18.3 Å². The van der Waals surface area contributed by atoms with E-state index in [0.717, 1.165) is 11.3 Å². The van der Waals surface area contributed by atoms with Gasteiger partial charge in [0.25, 0.3) is 0 Å². The normalized spacial score (nSPS) is 24.4. The van der Waals surface area contributed by atoms with E-state index in [1.54, 1.807) is 23.1 Å². The third-order valence-corrected chi connectivity index (χ3v) is 7.34. The second-order valence-electron chi connectivity index (χ2n) is 7.62. The zero-order valence-corrected chi connectivity index (χ0v) is 16.5. The molecular formula is C21H23FN2O3S. The van der Waals surface area contributed by atoms with Crippen LogP contribution in [0.1, 0.15) is 11.1 Å². The topological polar surface area (TPSA) is 57.7 Å². The Kier molecular flexibility index (Phi) is 4.97. The van der Waals surface area contributed by atoms with Crippen LogP contribution in [0, 0.1) is 12.7 Å². The van der Waals surface area contributed by atoms with E-state index in [2.05, 4.69) is 0 Å². The highest BCUT2D eigenvalue weighted by atomic mass is 32.2. The van der Waals surface area contributed by atoms with Crippen LogP contribution in [0.25, 0.3) is 0 Å². The van der Waals surface area contributed by atoms with Crippen molar-refractivity contribution in [2.45, 2.75) is 25.4 Å². The molecule has 2 atom stereocenters. The number of piperazine rings is 1. The van der Waals surface area contributed by atoms with Crippen LogP contribution in [0.2, 0.25) is 0 Å². The average Bonchev–Trinajstić information content (AvgIpc) is 2.97. The van der Waals surface area contributed by atoms with Gasteiger partial charge in [0.05, 0.1) is 24.1 Å². The third kappa shape index (κ3) is 3.69. The SMILES string of the molecule is Cc1ccc(N2C(=O)CN(CCc3ccccc3F)[C@H]3CS(=O)(=O)C[C@H]32)cc1. The van der Waals surface area contributed by atoms with E-state index in [-0.39, 0.29) is 35.8 Å². The zero-order valence-electron chi connectivity index (χ0n) is 15.7. The molecule has 0 unspecified atom stereocenters. The predicted molar refractivity (Wildman–Crippen MR) is 107 cm³/mol. The number of carbonyl (C=O) groups excluding carboxylic acids is 1. The number of benzene rings is 2. The summed E-state index contributed by atoms with van der Waals surface area (Å²) in [6, 6.07) is 13.5. The van der Waals surface area contributed by atoms with Crippen LogP contribution in [-0.4, -0.2) is 55.9 Å². The summed E-state index contributed by atoms with van der Waals surface area (Å²) in [4.78, 5) is 16.5. The molecule has 28 heavy (non-hydrogen) atoms. The Morgan fingerprint density at radius 2 is 1.71 bits per heavy atom.